The van der Waals surface area contributed by atoms with E-state index in [0.717, 1.165) is 31.3 Å². The molecule has 2 N–H and O–H groups in total. The lowest BCUT2D eigenvalue weighted by atomic mass is 10.1. The Labute approximate surface area is 153 Å². The molecule has 26 heavy (non-hydrogen) atoms. The third kappa shape index (κ3) is 3.32. The Morgan fingerprint density at radius 1 is 1.12 bits per heavy atom. The van der Waals surface area contributed by atoms with Crippen LogP contribution in [0.2, 0.25) is 0 Å². The fourth-order valence-electron chi connectivity index (χ4n) is 3.38. The Kier molecular flexibility index (Phi) is 4.65. The van der Waals surface area contributed by atoms with Crippen molar-refractivity contribution in [1.82, 2.24) is 14.3 Å². The van der Waals surface area contributed by atoms with E-state index in [0.29, 0.717) is 18.9 Å². The van der Waals surface area contributed by atoms with Crippen LogP contribution in [0.4, 0.5) is 5.82 Å². The summed E-state index contributed by atoms with van der Waals surface area (Å²) in [6, 6.07) is 11.6. The summed E-state index contributed by atoms with van der Waals surface area (Å²) in [6.45, 7) is 1.94. The minimum Gasteiger partial charge on any atom is -0.370 e. The molecule has 6 nitrogen and oxygen atoms in total. The largest absolute Gasteiger partial charge is 0.370 e. The van der Waals surface area contributed by atoms with Gasteiger partial charge in [-0.2, -0.15) is 4.31 Å². The molecular formula is C19H22N4O2S. The van der Waals surface area contributed by atoms with E-state index in [1.165, 1.54) is 21.5 Å². The predicted octanol–water partition coefficient (Wildman–Crippen LogP) is 3.00. The van der Waals surface area contributed by atoms with Gasteiger partial charge < -0.3 is 10.3 Å². The van der Waals surface area contributed by atoms with E-state index in [1.807, 2.05) is 18.3 Å². The number of anilines is 1. The molecule has 1 saturated heterocycles. The molecule has 2 aromatic heterocycles. The second kappa shape index (κ2) is 7.09. The van der Waals surface area contributed by atoms with Crippen molar-refractivity contribution < 1.29 is 8.42 Å². The van der Waals surface area contributed by atoms with Crippen LogP contribution in [0, 0.1) is 0 Å². The van der Waals surface area contributed by atoms with Gasteiger partial charge in [-0.3, -0.25) is 0 Å². The number of sulfonamides is 1. The van der Waals surface area contributed by atoms with Gasteiger partial charge in [0.15, 0.2) is 0 Å². The highest BCUT2D eigenvalue weighted by atomic mass is 32.2. The lowest BCUT2D eigenvalue weighted by Crippen LogP contribution is -2.27. The number of fused-ring (bicyclic) bond motifs is 1. The molecule has 1 aliphatic rings. The first-order valence-corrected chi connectivity index (χ1v) is 10.3. The number of rotatable bonds is 6. The molecule has 1 aliphatic heterocycles. The van der Waals surface area contributed by atoms with Crippen molar-refractivity contribution in [3.63, 3.8) is 0 Å². The molecule has 0 aliphatic carbocycles. The molecule has 3 aromatic rings. The number of H-pyrrole nitrogens is 1. The van der Waals surface area contributed by atoms with E-state index in [4.69, 9.17) is 0 Å². The normalized spacial score (nSPS) is 15.5. The lowest BCUT2D eigenvalue weighted by molar-refractivity contribution is 0.477. The topological polar surface area (TPSA) is 78.1 Å². The van der Waals surface area contributed by atoms with Gasteiger partial charge in [-0.05, 0) is 43.0 Å². The number of nitrogens with zero attached hydrogens (tertiary/aromatic N) is 2. The first kappa shape index (κ1) is 17.1. The molecule has 0 atom stereocenters. The minimum absolute atomic E-state index is 0.265. The van der Waals surface area contributed by atoms with Gasteiger partial charge in [0.05, 0.1) is 0 Å². The van der Waals surface area contributed by atoms with Crippen LogP contribution >= 0.6 is 0 Å². The quantitative estimate of drug-likeness (QED) is 0.699. The van der Waals surface area contributed by atoms with Gasteiger partial charge in [-0.15, -0.1) is 0 Å². The average molecular weight is 370 g/mol. The molecule has 0 radical (unpaired) electrons. The maximum absolute atomic E-state index is 12.5. The van der Waals surface area contributed by atoms with Crippen LogP contribution in [0.1, 0.15) is 18.4 Å². The van der Waals surface area contributed by atoms with E-state index in [1.54, 1.807) is 12.1 Å². The van der Waals surface area contributed by atoms with Crippen molar-refractivity contribution in [2.75, 3.05) is 25.0 Å². The number of benzene rings is 1. The van der Waals surface area contributed by atoms with E-state index in [9.17, 15) is 8.42 Å². The van der Waals surface area contributed by atoms with Crippen LogP contribution in [0.3, 0.4) is 0 Å². The summed E-state index contributed by atoms with van der Waals surface area (Å²) in [5.74, 6) is 0.685. The Balaban J connectivity index is 1.38. The summed E-state index contributed by atoms with van der Waals surface area (Å²) < 4.78 is 26.5. The van der Waals surface area contributed by atoms with E-state index < -0.39 is 10.0 Å². The molecule has 7 heteroatoms. The lowest BCUT2D eigenvalue weighted by Gasteiger charge is -2.15. The molecular weight excluding hydrogens is 348 g/mol. The van der Waals surface area contributed by atoms with Gasteiger partial charge in [-0.25, -0.2) is 13.4 Å². The van der Waals surface area contributed by atoms with Crippen molar-refractivity contribution in [3.05, 3.63) is 54.4 Å². The fraction of sp³-hybridized carbons (Fsp3) is 0.316. The monoisotopic (exact) mass is 370 g/mol. The Morgan fingerprint density at radius 3 is 2.69 bits per heavy atom. The molecule has 1 aromatic carbocycles. The van der Waals surface area contributed by atoms with Gasteiger partial charge in [-0.1, -0.05) is 18.2 Å². The van der Waals surface area contributed by atoms with Gasteiger partial charge in [0.2, 0.25) is 10.0 Å². The summed E-state index contributed by atoms with van der Waals surface area (Å²) in [5, 5.41) is 4.49. The maximum Gasteiger partial charge on any atom is 0.244 e. The SMILES string of the molecule is O=S(=O)(c1ccc(NCCc2c[nH]c3ccccc23)nc1)N1CCCC1. The summed E-state index contributed by atoms with van der Waals surface area (Å²) in [6.07, 6.45) is 6.20. The van der Waals surface area contributed by atoms with Crippen LogP contribution in [-0.2, 0) is 16.4 Å². The maximum atomic E-state index is 12.5. The fourth-order valence-corrected chi connectivity index (χ4v) is 4.84. The van der Waals surface area contributed by atoms with Crippen molar-refractivity contribution in [3.8, 4) is 0 Å². The van der Waals surface area contributed by atoms with Gasteiger partial charge in [0, 0.05) is 42.9 Å². The van der Waals surface area contributed by atoms with Crippen LogP contribution in [0.15, 0.2) is 53.7 Å². The van der Waals surface area contributed by atoms with Crippen molar-refractivity contribution in [2.45, 2.75) is 24.2 Å². The van der Waals surface area contributed by atoms with E-state index in [2.05, 4.69) is 27.4 Å². The average Bonchev–Trinajstić information content (AvgIpc) is 3.33. The Morgan fingerprint density at radius 2 is 1.92 bits per heavy atom. The number of para-hydroxylation sites is 1. The molecule has 1 fully saturated rings. The zero-order chi connectivity index (χ0) is 18.0. The number of hydrogen-bond donors (Lipinski definition) is 2. The molecule has 0 unspecified atom stereocenters. The van der Waals surface area contributed by atoms with Crippen molar-refractivity contribution in [1.29, 1.82) is 0 Å². The summed E-state index contributed by atoms with van der Waals surface area (Å²) >= 11 is 0. The highest BCUT2D eigenvalue weighted by molar-refractivity contribution is 7.89. The third-order valence-corrected chi connectivity index (χ3v) is 6.70. The first-order chi connectivity index (χ1) is 12.6. The van der Waals surface area contributed by atoms with Crippen LogP contribution in [-0.4, -0.2) is 42.3 Å². The second-order valence-corrected chi connectivity index (χ2v) is 8.46. The van der Waals surface area contributed by atoms with Gasteiger partial charge in [0.1, 0.15) is 10.7 Å². The number of hydrogen-bond acceptors (Lipinski definition) is 4. The molecule has 0 amide bonds. The van der Waals surface area contributed by atoms with E-state index in [-0.39, 0.29) is 4.90 Å². The number of pyridine rings is 1. The molecule has 136 valence electrons. The standard InChI is InChI=1S/C19H22N4O2S/c24-26(25,23-11-3-4-12-23)16-7-8-19(22-14-16)20-10-9-15-13-21-18-6-2-1-5-17(15)18/h1-2,5-8,13-14,21H,3-4,9-12H2,(H,20,22). The number of nitrogens with one attached hydrogen (secondary N) is 2. The van der Waals surface area contributed by atoms with E-state index >= 15 is 0 Å². The first-order valence-electron chi connectivity index (χ1n) is 8.90. The van der Waals surface area contributed by atoms with Gasteiger partial charge >= 0.3 is 0 Å². The highest BCUT2D eigenvalue weighted by Crippen LogP contribution is 2.21. The van der Waals surface area contributed by atoms with Crippen molar-refractivity contribution in [2.24, 2.45) is 0 Å². The second-order valence-electron chi connectivity index (χ2n) is 6.53. The molecule has 0 saturated carbocycles. The molecule has 0 spiro atoms. The third-order valence-electron chi connectivity index (χ3n) is 4.81. The Bertz CT molecular complexity index is 990. The zero-order valence-corrected chi connectivity index (χ0v) is 15.3. The number of aromatic nitrogens is 2. The molecule has 0 bridgehead atoms. The predicted molar refractivity (Wildman–Crippen MR) is 103 cm³/mol. The summed E-state index contributed by atoms with van der Waals surface area (Å²) in [7, 11) is -3.40. The zero-order valence-electron chi connectivity index (χ0n) is 14.5. The van der Waals surface area contributed by atoms with Crippen LogP contribution in [0.25, 0.3) is 10.9 Å². The smallest absolute Gasteiger partial charge is 0.244 e. The highest BCUT2D eigenvalue weighted by Gasteiger charge is 2.27. The van der Waals surface area contributed by atoms with Gasteiger partial charge in [0.25, 0.3) is 0 Å². The minimum atomic E-state index is -3.40. The summed E-state index contributed by atoms with van der Waals surface area (Å²) in [4.78, 5) is 7.81. The number of aromatic amines is 1. The molecule has 3 heterocycles. The van der Waals surface area contributed by atoms with Crippen molar-refractivity contribution >= 4 is 26.7 Å². The molecule has 4 rings (SSSR count). The van der Waals surface area contributed by atoms with Crippen LogP contribution in [0.5, 0.6) is 0 Å². The summed E-state index contributed by atoms with van der Waals surface area (Å²) in [5.41, 5.74) is 2.39. The van der Waals surface area contributed by atoms with Crippen LogP contribution < -0.4 is 5.32 Å². The Hall–Kier alpha value is -2.38.